The van der Waals surface area contributed by atoms with Crippen molar-refractivity contribution in [1.82, 2.24) is 4.98 Å². The molecular formula is C12H11NO2. The van der Waals surface area contributed by atoms with Gasteiger partial charge in [-0.15, -0.1) is 0 Å². The summed E-state index contributed by atoms with van der Waals surface area (Å²) in [5.74, 6) is -0.736. The zero-order valence-corrected chi connectivity index (χ0v) is 8.16. The minimum Gasteiger partial charge on any atom is -0.505 e. The average Bonchev–Trinajstić information content (AvgIpc) is 2.62. The summed E-state index contributed by atoms with van der Waals surface area (Å²) in [6.45, 7) is 3.21. The molecule has 0 unspecified atom stereocenters. The Bertz CT molecular complexity index is 525. The van der Waals surface area contributed by atoms with Crippen LogP contribution in [-0.2, 0) is 11.2 Å². The highest BCUT2D eigenvalue weighted by Crippen LogP contribution is 2.18. The van der Waals surface area contributed by atoms with Gasteiger partial charge in [0.15, 0.2) is 5.76 Å². The lowest BCUT2D eigenvalue weighted by Crippen LogP contribution is -2.04. The van der Waals surface area contributed by atoms with Crippen molar-refractivity contribution >= 4 is 16.7 Å². The smallest absolute Gasteiger partial charge is 0.200 e. The van der Waals surface area contributed by atoms with Gasteiger partial charge in [0.25, 0.3) is 0 Å². The fourth-order valence-corrected chi connectivity index (χ4v) is 1.55. The van der Waals surface area contributed by atoms with Gasteiger partial charge in [0.2, 0.25) is 5.78 Å². The second kappa shape index (κ2) is 3.61. The Labute approximate surface area is 87.0 Å². The van der Waals surface area contributed by atoms with Crippen LogP contribution in [0, 0.1) is 0 Å². The van der Waals surface area contributed by atoms with Crippen LogP contribution in [0.15, 0.2) is 42.8 Å². The number of carbonyl (C=O) groups is 1. The Morgan fingerprint density at radius 2 is 2.13 bits per heavy atom. The number of hydrogen-bond donors (Lipinski definition) is 2. The number of nitrogens with one attached hydrogen (secondary N) is 1. The second-order valence-electron chi connectivity index (χ2n) is 3.41. The molecule has 0 aliphatic rings. The molecule has 0 spiro atoms. The van der Waals surface area contributed by atoms with Gasteiger partial charge in [-0.05, 0) is 11.6 Å². The fourth-order valence-electron chi connectivity index (χ4n) is 1.55. The molecule has 1 heterocycles. The average molecular weight is 201 g/mol. The molecule has 15 heavy (non-hydrogen) atoms. The van der Waals surface area contributed by atoms with E-state index in [2.05, 4.69) is 11.6 Å². The number of hydrogen-bond acceptors (Lipinski definition) is 2. The summed E-state index contributed by atoms with van der Waals surface area (Å²) >= 11 is 0. The first-order chi connectivity index (χ1) is 7.18. The van der Waals surface area contributed by atoms with Crippen molar-refractivity contribution < 1.29 is 9.90 Å². The number of fused-ring (bicyclic) bond motifs is 1. The fraction of sp³-hybridized carbons (Fsp3) is 0.0833. The van der Waals surface area contributed by atoms with E-state index in [-0.39, 0.29) is 18.0 Å². The lowest BCUT2D eigenvalue weighted by Gasteiger charge is -1.97. The van der Waals surface area contributed by atoms with Gasteiger partial charge in [-0.25, -0.2) is 0 Å². The van der Waals surface area contributed by atoms with Crippen LogP contribution in [0.2, 0.25) is 0 Å². The Kier molecular flexibility index (Phi) is 2.29. The van der Waals surface area contributed by atoms with Crippen molar-refractivity contribution in [3.63, 3.8) is 0 Å². The number of aromatic nitrogens is 1. The number of ketones is 1. The van der Waals surface area contributed by atoms with Crippen LogP contribution in [0.25, 0.3) is 10.9 Å². The van der Waals surface area contributed by atoms with E-state index in [0.717, 1.165) is 16.5 Å². The van der Waals surface area contributed by atoms with Crippen LogP contribution in [-0.4, -0.2) is 15.9 Å². The van der Waals surface area contributed by atoms with Crippen molar-refractivity contribution in [3.8, 4) is 0 Å². The first-order valence-electron chi connectivity index (χ1n) is 4.64. The van der Waals surface area contributed by atoms with E-state index in [4.69, 9.17) is 5.11 Å². The van der Waals surface area contributed by atoms with Gasteiger partial charge in [-0.1, -0.05) is 24.8 Å². The van der Waals surface area contributed by atoms with Gasteiger partial charge in [0.1, 0.15) is 0 Å². The number of carbonyl (C=O) groups excluding carboxylic acids is 1. The molecule has 0 amide bonds. The minimum atomic E-state index is -0.389. The van der Waals surface area contributed by atoms with Crippen molar-refractivity contribution in [2.45, 2.75) is 6.42 Å². The van der Waals surface area contributed by atoms with E-state index in [1.54, 1.807) is 6.20 Å². The number of para-hydroxylation sites is 1. The maximum Gasteiger partial charge on any atom is 0.200 e. The number of aliphatic hydroxyl groups excluding tert-OH is 1. The first kappa shape index (κ1) is 9.52. The molecule has 1 aromatic heterocycles. The Balaban J connectivity index is 2.37. The van der Waals surface area contributed by atoms with Crippen molar-refractivity contribution in [2.75, 3.05) is 0 Å². The Morgan fingerprint density at radius 1 is 1.40 bits per heavy atom. The molecule has 0 saturated heterocycles. The predicted octanol–water partition coefficient (Wildman–Crippen LogP) is 2.35. The largest absolute Gasteiger partial charge is 0.505 e. The SMILES string of the molecule is C=C(O)C(=O)Cc1c[nH]c2ccccc12. The number of H-pyrrole nitrogens is 1. The Morgan fingerprint density at radius 3 is 2.87 bits per heavy atom. The third-order valence-corrected chi connectivity index (χ3v) is 2.35. The zero-order valence-electron chi connectivity index (χ0n) is 8.16. The molecule has 3 heteroatoms. The van der Waals surface area contributed by atoms with Crippen LogP contribution in [0.3, 0.4) is 0 Å². The molecule has 0 fully saturated rings. The summed E-state index contributed by atoms with van der Waals surface area (Å²) < 4.78 is 0. The van der Waals surface area contributed by atoms with Gasteiger partial charge in [-0.2, -0.15) is 0 Å². The third kappa shape index (κ3) is 1.76. The summed E-state index contributed by atoms with van der Waals surface area (Å²) in [6, 6.07) is 7.72. The molecule has 2 aromatic rings. The van der Waals surface area contributed by atoms with Gasteiger partial charge in [0, 0.05) is 23.5 Å². The number of aromatic amines is 1. The van der Waals surface area contributed by atoms with Crippen LogP contribution in [0.5, 0.6) is 0 Å². The molecule has 0 saturated carbocycles. The molecule has 2 rings (SSSR count). The number of allylic oxidation sites excluding steroid dienone is 1. The lowest BCUT2D eigenvalue weighted by atomic mass is 10.1. The molecule has 1 aromatic carbocycles. The zero-order chi connectivity index (χ0) is 10.8. The highest BCUT2D eigenvalue weighted by Gasteiger charge is 2.10. The molecule has 0 aliphatic carbocycles. The standard InChI is InChI=1S/C12H11NO2/c1-8(14)12(15)6-9-7-13-11-5-3-2-4-10(9)11/h2-5,7,13-14H,1,6H2. The van der Waals surface area contributed by atoms with Crippen molar-refractivity contribution in [1.29, 1.82) is 0 Å². The van der Waals surface area contributed by atoms with E-state index in [1.165, 1.54) is 0 Å². The topological polar surface area (TPSA) is 53.1 Å². The second-order valence-corrected chi connectivity index (χ2v) is 3.41. The minimum absolute atomic E-state index is 0.180. The van der Waals surface area contributed by atoms with Crippen LogP contribution < -0.4 is 0 Å². The molecule has 0 aliphatic heterocycles. The van der Waals surface area contributed by atoms with Crippen molar-refractivity contribution in [2.24, 2.45) is 0 Å². The molecular weight excluding hydrogens is 190 g/mol. The molecule has 0 bridgehead atoms. The van der Waals surface area contributed by atoms with Crippen molar-refractivity contribution in [3.05, 3.63) is 48.4 Å². The number of rotatable bonds is 3. The van der Waals surface area contributed by atoms with Crippen LogP contribution in [0.1, 0.15) is 5.56 Å². The molecule has 76 valence electrons. The molecule has 0 radical (unpaired) electrons. The lowest BCUT2D eigenvalue weighted by molar-refractivity contribution is -0.117. The van der Waals surface area contributed by atoms with E-state index in [1.807, 2.05) is 24.3 Å². The highest BCUT2D eigenvalue weighted by molar-refractivity contribution is 5.97. The number of Topliss-reactive ketones (excluding diaryl/α,β-unsaturated/α-hetero) is 1. The van der Waals surface area contributed by atoms with Gasteiger partial charge < -0.3 is 10.1 Å². The van der Waals surface area contributed by atoms with E-state index in [9.17, 15) is 4.79 Å². The molecule has 0 atom stereocenters. The summed E-state index contributed by atoms with van der Waals surface area (Å²) in [5, 5.41) is 9.94. The van der Waals surface area contributed by atoms with E-state index < -0.39 is 0 Å². The quantitative estimate of drug-likeness (QED) is 0.591. The maximum atomic E-state index is 11.3. The van der Waals surface area contributed by atoms with Crippen LogP contribution >= 0.6 is 0 Å². The summed E-state index contributed by atoms with van der Waals surface area (Å²) in [4.78, 5) is 14.4. The summed E-state index contributed by atoms with van der Waals surface area (Å²) in [7, 11) is 0. The monoisotopic (exact) mass is 201 g/mol. The van der Waals surface area contributed by atoms with Gasteiger partial charge >= 0.3 is 0 Å². The predicted molar refractivity (Wildman–Crippen MR) is 58.8 cm³/mol. The van der Waals surface area contributed by atoms with Gasteiger partial charge in [-0.3, -0.25) is 4.79 Å². The number of aliphatic hydroxyl groups is 1. The molecule has 3 nitrogen and oxygen atoms in total. The summed E-state index contributed by atoms with van der Waals surface area (Å²) in [6.07, 6.45) is 1.96. The van der Waals surface area contributed by atoms with E-state index >= 15 is 0 Å². The number of benzene rings is 1. The van der Waals surface area contributed by atoms with Gasteiger partial charge in [0.05, 0.1) is 0 Å². The van der Waals surface area contributed by atoms with E-state index in [0.29, 0.717) is 0 Å². The normalized spacial score (nSPS) is 10.4. The van der Waals surface area contributed by atoms with Crippen LogP contribution in [0.4, 0.5) is 0 Å². The first-order valence-corrected chi connectivity index (χ1v) is 4.64. The third-order valence-electron chi connectivity index (χ3n) is 2.35. The molecule has 2 N–H and O–H groups in total. The Hall–Kier alpha value is -2.03. The summed E-state index contributed by atoms with van der Waals surface area (Å²) in [5.41, 5.74) is 1.87. The highest BCUT2D eigenvalue weighted by atomic mass is 16.3. The maximum absolute atomic E-state index is 11.3.